The lowest BCUT2D eigenvalue weighted by Gasteiger charge is -2.13. The third-order valence-corrected chi connectivity index (χ3v) is 1.73. The number of hydrogen-bond donors (Lipinski definition) is 2. The fraction of sp³-hybridized carbons (Fsp3) is 0.875. The number of likely N-dealkylation sites (tertiary alicyclic amines) is 1. The lowest BCUT2D eigenvalue weighted by Crippen LogP contribution is -2.37. The van der Waals surface area contributed by atoms with Crippen molar-refractivity contribution in [1.82, 2.24) is 10.2 Å². The molecule has 3 N–H and O–H groups in total. The Morgan fingerprint density at radius 2 is 2.17 bits per heavy atom. The fourth-order valence-corrected chi connectivity index (χ4v) is 1.13. The monoisotopic (exact) mass is 173 g/mol. The summed E-state index contributed by atoms with van der Waals surface area (Å²) in [7, 11) is 1.63. The summed E-state index contributed by atoms with van der Waals surface area (Å²) in [5.41, 5.74) is 5.60. The molecule has 1 saturated heterocycles. The number of amides is 2. The van der Waals surface area contributed by atoms with Gasteiger partial charge in [-0.05, 0) is 6.42 Å². The molecule has 1 heterocycles. The zero-order valence-electron chi connectivity index (χ0n) is 8.13. The second-order valence-corrected chi connectivity index (χ2v) is 2.55. The van der Waals surface area contributed by atoms with Gasteiger partial charge >= 0.3 is 6.03 Å². The number of carbonyl (C=O) groups excluding carboxylic acids is 1. The Morgan fingerprint density at radius 1 is 1.58 bits per heavy atom. The van der Waals surface area contributed by atoms with Crippen molar-refractivity contribution in [1.29, 1.82) is 0 Å². The number of nitrogens with two attached hydrogens (primary N) is 1. The van der Waals surface area contributed by atoms with Crippen molar-refractivity contribution in [2.45, 2.75) is 26.3 Å². The third kappa shape index (κ3) is 3.09. The van der Waals surface area contributed by atoms with Crippen LogP contribution in [0.2, 0.25) is 0 Å². The van der Waals surface area contributed by atoms with E-state index in [1.165, 1.54) is 0 Å². The first-order chi connectivity index (χ1) is 5.74. The zero-order valence-corrected chi connectivity index (χ0v) is 8.13. The molecule has 1 fully saturated rings. The summed E-state index contributed by atoms with van der Waals surface area (Å²) in [6, 6.07) is 0.158. The van der Waals surface area contributed by atoms with E-state index >= 15 is 0 Å². The highest BCUT2D eigenvalue weighted by molar-refractivity contribution is 5.74. The number of nitrogens with one attached hydrogen (secondary N) is 1. The molecule has 1 unspecified atom stereocenters. The highest BCUT2D eigenvalue weighted by Gasteiger charge is 2.22. The molecule has 1 atom stereocenters. The van der Waals surface area contributed by atoms with Gasteiger partial charge in [-0.2, -0.15) is 0 Å². The molecule has 1 aliphatic heterocycles. The lowest BCUT2D eigenvalue weighted by molar-refractivity contribution is 0.210. The smallest absolute Gasteiger partial charge is 0.317 e. The minimum atomic E-state index is -0.0204. The Hall–Kier alpha value is -0.770. The van der Waals surface area contributed by atoms with E-state index in [9.17, 15) is 4.79 Å². The van der Waals surface area contributed by atoms with E-state index in [2.05, 4.69) is 5.32 Å². The second kappa shape index (κ2) is 5.83. The first kappa shape index (κ1) is 11.2. The van der Waals surface area contributed by atoms with E-state index in [0.717, 1.165) is 13.0 Å². The standard InChI is InChI=1S/C6H13N3O.C2H6/c1-8-6(10)9-3-2-5(7)4-9;1-2/h5H,2-4,7H2,1H3,(H,8,10);1-2H3. The Balaban J connectivity index is 0.000000561. The average Bonchev–Trinajstić information content (AvgIpc) is 2.54. The SMILES string of the molecule is CC.CNC(=O)N1CCC(N)C1. The highest BCUT2D eigenvalue weighted by Crippen LogP contribution is 2.05. The molecule has 4 nitrogen and oxygen atoms in total. The van der Waals surface area contributed by atoms with Gasteiger partial charge in [0.15, 0.2) is 0 Å². The molecule has 0 saturated carbocycles. The maximum Gasteiger partial charge on any atom is 0.317 e. The van der Waals surface area contributed by atoms with Crippen LogP contribution in [0.15, 0.2) is 0 Å². The van der Waals surface area contributed by atoms with Gasteiger partial charge in [0.1, 0.15) is 0 Å². The second-order valence-electron chi connectivity index (χ2n) is 2.55. The van der Waals surface area contributed by atoms with Gasteiger partial charge in [-0.1, -0.05) is 13.8 Å². The van der Waals surface area contributed by atoms with Crippen LogP contribution < -0.4 is 11.1 Å². The number of nitrogens with zero attached hydrogens (tertiary/aromatic N) is 1. The van der Waals surface area contributed by atoms with Crippen LogP contribution in [0.3, 0.4) is 0 Å². The molecule has 0 bridgehead atoms. The van der Waals surface area contributed by atoms with Crippen molar-refractivity contribution in [2.24, 2.45) is 5.73 Å². The summed E-state index contributed by atoms with van der Waals surface area (Å²) in [5, 5.41) is 2.56. The minimum absolute atomic E-state index is 0.0204. The molecular formula is C8H19N3O. The molecular weight excluding hydrogens is 154 g/mol. The summed E-state index contributed by atoms with van der Waals surface area (Å²) in [5.74, 6) is 0. The molecule has 0 aromatic carbocycles. The predicted molar refractivity (Wildman–Crippen MR) is 50.0 cm³/mol. The normalized spacial score (nSPS) is 21.3. The van der Waals surface area contributed by atoms with Crippen LogP contribution in [0.4, 0.5) is 4.79 Å². The molecule has 12 heavy (non-hydrogen) atoms. The quantitative estimate of drug-likeness (QED) is 0.556. The molecule has 1 rings (SSSR count). The molecule has 0 aromatic heterocycles. The van der Waals surface area contributed by atoms with Crippen LogP contribution in [-0.2, 0) is 0 Å². The molecule has 72 valence electrons. The van der Waals surface area contributed by atoms with Crippen molar-refractivity contribution in [2.75, 3.05) is 20.1 Å². The Kier molecular flexibility index (Phi) is 5.45. The van der Waals surface area contributed by atoms with E-state index in [0.29, 0.717) is 6.54 Å². The lowest BCUT2D eigenvalue weighted by atomic mass is 10.3. The van der Waals surface area contributed by atoms with Crippen LogP contribution in [0.1, 0.15) is 20.3 Å². The van der Waals surface area contributed by atoms with E-state index in [-0.39, 0.29) is 12.1 Å². The van der Waals surface area contributed by atoms with Gasteiger partial charge in [-0.25, -0.2) is 4.79 Å². The topological polar surface area (TPSA) is 58.4 Å². The maximum atomic E-state index is 10.9. The van der Waals surface area contributed by atoms with Crippen molar-refractivity contribution in [3.63, 3.8) is 0 Å². The third-order valence-electron chi connectivity index (χ3n) is 1.73. The van der Waals surface area contributed by atoms with Crippen LogP contribution in [0.25, 0.3) is 0 Å². The van der Waals surface area contributed by atoms with E-state index < -0.39 is 0 Å². The average molecular weight is 173 g/mol. The van der Waals surface area contributed by atoms with Crippen LogP contribution in [-0.4, -0.2) is 37.1 Å². The molecule has 4 heteroatoms. The fourth-order valence-electron chi connectivity index (χ4n) is 1.13. The number of urea groups is 1. The van der Waals surface area contributed by atoms with Crippen molar-refractivity contribution < 1.29 is 4.79 Å². The number of rotatable bonds is 0. The molecule has 0 aliphatic carbocycles. The number of carbonyl (C=O) groups is 1. The van der Waals surface area contributed by atoms with Gasteiger partial charge in [-0.15, -0.1) is 0 Å². The summed E-state index contributed by atoms with van der Waals surface area (Å²) in [6.07, 6.45) is 0.924. The van der Waals surface area contributed by atoms with Crippen LogP contribution in [0, 0.1) is 0 Å². The summed E-state index contributed by atoms with van der Waals surface area (Å²) < 4.78 is 0. The Morgan fingerprint density at radius 3 is 2.50 bits per heavy atom. The first-order valence-electron chi connectivity index (χ1n) is 4.46. The first-order valence-corrected chi connectivity index (χ1v) is 4.46. The van der Waals surface area contributed by atoms with E-state index in [1.54, 1.807) is 11.9 Å². The van der Waals surface area contributed by atoms with Gasteiger partial charge in [0.2, 0.25) is 0 Å². The summed E-state index contributed by atoms with van der Waals surface area (Å²) in [6.45, 7) is 5.49. The maximum absolute atomic E-state index is 10.9. The van der Waals surface area contributed by atoms with Gasteiger partial charge in [0.05, 0.1) is 0 Å². The van der Waals surface area contributed by atoms with E-state index in [1.807, 2.05) is 13.8 Å². The summed E-state index contributed by atoms with van der Waals surface area (Å²) >= 11 is 0. The van der Waals surface area contributed by atoms with Crippen molar-refractivity contribution in [3.8, 4) is 0 Å². The van der Waals surface area contributed by atoms with Gasteiger partial charge in [0, 0.05) is 26.2 Å². The van der Waals surface area contributed by atoms with Crippen LogP contribution >= 0.6 is 0 Å². The number of hydrogen-bond acceptors (Lipinski definition) is 2. The van der Waals surface area contributed by atoms with E-state index in [4.69, 9.17) is 5.73 Å². The van der Waals surface area contributed by atoms with Gasteiger partial charge in [0.25, 0.3) is 0 Å². The summed E-state index contributed by atoms with van der Waals surface area (Å²) in [4.78, 5) is 12.6. The molecule has 2 amide bonds. The molecule has 0 radical (unpaired) electrons. The van der Waals surface area contributed by atoms with Gasteiger partial charge < -0.3 is 16.0 Å². The Labute approximate surface area is 74.1 Å². The predicted octanol–water partition coefficient (Wildman–Crippen LogP) is 0.385. The minimum Gasteiger partial charge on any atom is -0.341 e. The molecule has 1 aliphatic rings. The Bertz CT molecular complexity index is 138. The van der Waals surface area contributed by atoms with Crippen LogP contribution in [0.5, 0.6) is 0 Å². The van der Waals surface area contributed by atoms with Crippen molar-refractivity contribution in [3.05, 3.63) is 0 Å². The van der Waals surface area contributed by atoms with Gasteiger partial charge in [-0.3, -0.25) is 0 Å². The van der Waals surface area contributed by atoms with Crippen molar-refractivity contribution >= 4 is 6.03 Å². The molecule has 0 aromatic rings. The molecule has 0 spiro atoms. The highest BCUT2D eigenvalue weighted by atomic mass is 16.2. The zero-order chi connectivity index (χ0) is 9.56. The largest absolute Gasteiger partial charge is 0.341 e.